The maximum absolute atomic E-state index is 14.0. The van der Waals surface area contributed by atoms with Crippen molar-refractivity contribution < 1.29 is 13.5 Å². The van der Waals surface area contributed by atoms with Gasteiger partial charge in [-0.2, -0.15) is 0 Å². The summed E-state index contributed by atoms with van der Waals surface area (Å²) in [6.45, 7) is 0. The second kappa shape index (κ2) is 6.45. The van der Waals surface area contributed by atoms with Crippen molar-refractivity contribution in [1.82, 2.24) is 5.43 Å². The van der Waals surface area contributed by atoms with Gasteiger partial charge in [-0.05, 0) is 30.2 Å². The number of nitrogens with one attached hydrogen (secondary N) is 1. The molecule has 0 fully saturated rings. The van der Waals surface area contributed by atoms with Gasteiger partial charge in [0, 0.05) is 5.56 Å². The SMILES string of the molecule is COc1cccc(F)c1C(Cc1ccccc1F)NN. The Hall–Kier alpha value is -1.98. The molecule has 0 radical (unpaired) electrons. The van der Waals surface area contributed by atoms with Gasteiger partial charge in [0.2, 0.25) is 0 Å². The minimum atomic E-state index is -0.581. The molecule has 0 aromatic heterocycles. The second-order valence-corrected chi connectivity index (χ2v) is 4.37. The molecule has 0 aliphatic carbocycles. The van der Waals surface area contributed by atoms with Crippen LogP contribution >= 0.6 is 0 Å². The van der Waals surface area contributed by atoms with Crippen molar-refractivity contribution in [1.29, 1.82) is 0 Å². The summed E-state index contributed by atoms with van der Waals surface area (Å²) in [5, 5.41) is 0. The smallest absolute Gasteiger partial charge is 0.131 e. The van der Waals surface area contributed by atoms with E-state index in [0.717, 1.165) is 0 Å². The standard InChI is InChI=1S/C15H16F2N2O/c1-20-14-8-4-7-12(17)15(14)13(19-18)9-10-5-2-3-6-11(10)16/h2-8,13,19H,9,18H2,1H3. The highest BCUT2D eigenvalue weighted by atomic mass is 19.1. The van der Waals surface area contributed by atoms with Crippen LogP contribution in [0.15, 0.2) is 42.5 Å². The van der Waals surface area contributed by atoms with E-state index in [4.69, 9.17) is 10.6 Å². The van der Waals surface area contributed by atoms with E-state index >= 15 is 0 Å². The first-order valence-corrected chi connectivity index (χ1v) is 6.19. The highest BCUT2D eigenvalue weighted by Gasteiger charge is 2.20. The number of ether oxygens (including phenoxy) is 1. The molecule has 106 valence electrons. The lowest BCUT2D eigenvalue weighted by Gasteiger charge is -2.20. The fraction of sp³-hybridized carbons (Fsp3) is 0.200. The summed E-state index contributed by atoms with van der Waals surface area (Å²) >= 11 is 0. The average Bonchev–Trinajstić information content (AvgIpc) is 2.47. The molecule has 0 saturated carbocycles. The van der Waals surface area contributed by atoms with E-state index in [0.29, 0.717) is 16.9 Å². The number of rotatable bonds is 5. The Balaban J connectivity index is 2.36. The topological polar surface area (TPSA) is 47.3 Å². The average molecular weight is 278 g/mol. The van der Waals surface area contributed by atoms with Gasteiger partial charge < -0.3 is 4.74 Å². The maximum atomic E-state index is 14.0. The van der Waals surface area contributed by atoms with Crippen molar-refractivity contribution >= 4 is 0 Å². The van der Waals surface area contributed by atoms with Crippen LogP contribution in [-0.2, 0) is 6.42 Å². The molecule has 2 aromatic rings. The van der Waals surface area contributed by atoms with E-state index in [-0.39, 0.29) is 12.2 Å². The van der Waals surface area contributed by atoms with Crippen molar-refractivity contribution in [3.63, 3.8) is 0 Å². The van der Waals surface area contributed by atoms with Crippen molar-refractivity contribution in [2.24, 2.45) is 5.84 Å². The maximum Gasteiger partial charge on any atom is 0.131 e. The molecule has 2 rings (SSSR count). The molecule has 3 N–H and O–H groups in total. The van der Waals surface area contributed by atoms with Crippen LogP contribution in [0.3, 0.4) is 0 Å². The van der Waals surface area contributed by atoms with Gasteiger partial charge in [-0.1, -0.05) is 24.3 Å². The van der Waals surface area contributed by atoms with Gasteiger partial charge in [-0.15, -0.1) is 0 Å². The number of hydrogen-bond donors (Lipinski definition) is 2. The molecule has 0 aliphatic heterocycles. The minimum absolute atomic E-state index is 0.223. The van der Waals surface area contributed by atoms with E-state index in [1.807, 2.05) is 0 Å². The van der Waals surface area contributed by atoms with Crippen LogP contribution in [0.1, 0.15) is 17.2 Å². The first-order chi connectivity index (χ1) is 9.67. The third kappa shape index (κ3) is 2.95. The number of methoxy groups -OCH3 is 1. The lowest BCUT2D eigenvalue weighted by atomic mass is 9.97. The zero-order valence-corrected chi connectivity index (χ0v) is 11.1. The van der Waals surface area contributed by atoms with Crippen molar-refractivity contribution in [3.05, 3.63) is 65.2 Å². The van der Waals surface area contributed by atoms with Crippen molar-refractivity contribution in [2.75, 3.05) is 7.11 Å². The van der Waals surface area contributed by atoms with E-state index in [2.05, 4.69) is 5.43 Å². The van der Waals surface area contributed by atoms with E-state index < -0.39 is 11.9 Å². The zero-order valence-electron chi connectivity index (χ0n) is 11.1. The number of halogens is 2. The van der Waals surface area contributed by atoms with Crippen LogP contribution in [-0.4, -0.2) is 7.11 Å². The first-order valence-electron chi connectivity index (χ1n) is 6.19. The van der Waals surface area contributed by atoms with Crippen LogP contribution < -0.4 is 16.0 Å². The van der Waals surface area contributed by atoms with Gasteiger partial charge in [0.15, 0.2) is 0 Å². The monoisotopic (exact) mass is 278 g/mol. The Labute approximate surface area is 116 Å². The van der Waals surface area contributed by atoms with Crippen molar-refractivity contribution in [3.8, 4) is 5.75 Å². The van der Waals surface area contributed by atoms with Gasteiger partial charge in [-0.25, -0.2) is 8.78 Å². The summed E-state index contributed by atoms with van der Waals surface area (Å²) in [6.07, 6.45) is 0.223. The van der Waals surface area contributed by atoms with Gasteiger partial charge in [0.25, 0.3) is 0 Å². The second-order valence-electron chi connectivity index (χ2n) is 4.37. The van der Waals surface area contributed by atoms with E-state index in [1.165, 1.54) is 19.2 Å². The number of hydrazine groups is 1. The summed E-state index contributed by atoms with van der Waals surface area (Å²) in [5.74, 6) is 5.09. The Morgan fingerprint density at radius 1 is 1.10 bits per heavy atom. The molecule has 0 spiro atoms. The lowest BCUT2D eigenvalue weighted by Crippen LogP contribution is -2.30. The van der Waals surface area contributed by atoms with Crippen LogP contribution in [0.5, 0.6) is 5.75 Å². The van der Waals surface area contributed by atoms with Gasteiger partial charge in [0.1, 0.15) is 17.4 Å². The van der Waals surface area contributed by atoms with E-state index in [1.54, 1.807) is 30.3 Å². The molecular weight excluding hydrogens is 262 g/mol. The number of benzene rings is 2. The molecule has 0 saturated heterocycles. The Morgan fingerprint density at radius 2 is 1.80 bits per heavy atom. The molecule has 0 amide bonds. The minimum Gasteiger partial charge on any atom is -0.496 e. The quantitative estimate of drug-likeness (QED) is 0.653. The third-order valence-corrected chi connectivity index (χ3v) is 3.16. The first kappa shape index (κ1) is 14.4. The molecule has 20 heavy (non-hydrogen) atoms. The van der Waals surface area contributed by atoms with Gasteiger partial charge in [0.05, 0.1) is 13.2 Å². The Morgan fingerprint density at radius 3 is 2.45 bits per heavy atom. The van der Waals surface area contributed by atoms with E-state index in [9.17, 15) is 8.78 Å². The van der Waals surface area contributed by atoms with Gasteiger partial charge in [-0.3, -0.25) is 11.3 Å². The predicted octanol–water partition coefficient (Wildman–Crippen LogP) is 2.72. The molecule has 0 bridgehead atoms. The van der Waals surface area contributed by atoms with Crippen LogP contribution in [0, 0.1) is 11.6 Å². The molecule has 1 atom stereocenters. The number of hydrogen-bond acceptors (Lipinski definition) is 3. The van der Waals surface area contributed by atoms with Gasteiger partial charge >= 0.3 is 0 Å². The Bertz CT molecular complexity index is 590. The third-order valence-electron chi connectivity index (χ3n) is 3.16. The van der Waals surface area contributed by atoms with Crippen LogP contribution in [0.4, 0.5) is 8.78 Å². The molecule has 2 aromatic carbocycles. The summed E-state index contributed by atoms with van der Waals surface area (Å²) in [6, 6.07) is 10.3. The highest BCUT2D eigenvalue weighted by molar-refractivity contribution is 5.38. The molecular formula is C15H16F2N2O. The summed E-state index contributed by atoms with van der Waals surface area (Å²) < 4.78 is 32.8. The zero-order chi connectivity index (χ0) is 14.5. The normalized spacial score (nSPS) is 12.2. The van der Waals surface area contributed by atoms with Crippen molar-refractivity contribution in [2.45, 2.75) is 12.5 Å². The number of nitrogens with two attached hydrogens (primary N) is 1. The lowest BCUT2D eigenvalue weighted by molar-refractivity contribution is 0.389. The summed E-state index contributed by atoms with van der Waals surface area (Å²) in [7, 11) is 1.45. The predicted molar refractivity (Wildman–Crippen MR) is 73.1 cm³/mol. The molecule has 0 heterocycles. The summed E-state index contributed by atoms with van der Waals surface area (Å²) in [5.41, 5.74) is 3.27. The van der Waals surface area contributed by atoms with Crippen LogP contribution in [0.25, 0.3) is 0 Å². The highest BCUT2D eigenvalue weighted by Crippen LogP contribution is 2.30. The largest absolute Gasteiger partial charge is 0.496 e. The molecule has 3 nitrogen and oxygen atoms in total. The Kier molecular flexibility index (Phi) is 4.65. The molecule has 0 aliphatic rings. The fourth-order valence-corrected chi connectivity index (χ4v) is 2.16. The molecule has 5 heteroatoms. The summed E-state index contributed by atoms with van der Waals surface area (Å²) in [4.78, 5) is 0. The fourth-order valence-electron chi connectivity index (χ4n) is 2.16. The molecule has 1 unspecified atom stereocenters. The van der Waals surface area contributed by atoms with Crippen LogP contribution in [0.2, 0.25) is 0 Å².